The molecule has 104 valence electrons. The molecule has 1 rings (SSSR count). The Hall–Kier alpha value is -1.63. The molecule has 0 amide bonds. The van der Waals surface area contributed by atoms with Crippen molar-refractivity contribution >= 4 is 23.9 Å². The fourth-order valence-electron chi connectivity index (χ4n) is 1.20. The third kappa shape index (κ3) is 4.51. The lowest BCUT2D eigenvalue weighted by atomic mass is 10.2. The number of thiol groups is 1. The molecule has 0 saturated carbocycles. The number of halogens is 2. The Morgan fingerprint density at radius 1 is 1.26 bits per heavy atom. The van der Waals surface area contributed by atoms with E-state index < -0.39 is 28.7 Å². The van der Waals surface area contributed by atoms with E-state index in [1.165, 1.54) is 0 Å². The van der Waals surface area contributed by atoms with Crippen molar-refractivity contribution in [1.29, 1.82) is 0 Å². The van der Waals surface area contributed by atoms with Gasteiger partial charge in [0.25, 0.3) is 0 Å². The van der Waals surface area contributed by atoms with E-state index in [-0.39, 0.29) is 18.1 Å². The van der Waals surface area contributed by atoms with E-state index in [2.05, 4.69) is 17.4 Å². The van der Waals surface area contributed by atoms with Gasteiger partial charge in [-0.1, -0.05) is 26.5 Å². The zero-order valence-electron chi connectivity index (χ0n) is 10.3. The van der Waals surface area contributed by atoms with E-state index in [4.69, 9.17) is 4.74 Å². The van der Waals surface area contributed by atoms with Crippen LogP contribution in [-0.4, -0.2) is 11.3 Å². The first kappa shape index (κ1) is 15.4. The largest absolute Gasteiger partial charge is 0.461 e. The van der Waals surface area contributed by atoms with Crippen molar-refractivity contribution in [3.05, 3.63) is 29.3 Å². The molecule has 7 heteroatoms. The van der Waals surface area contributed by atoms with Crippen LogP contribution >= 0.6 is 12.6 Å². The van der Waals surface area contributed by atoms with Gasteiger partial charge in [0.1, 0.15) is 6.61 Å². The molecule has 0 bridgehead atoms. The van der Waals surface area contributed by atoms with Crippen molar-refractivity contribution in [2.24, 2.45) is 5.92 Å². The van der Waals surface area contributed by atoms with Crippen molar-refractivity contribution in [3.8, 4) is 5.75 Å². The molecular weight excluding hydrogens is 278 g/mol. The molecule has 0 aromatic heterocycles. The molecule has 19 heavy (non-hydrogen) atoms. The molecule has 0 aliphatic heterocycles. The molecule has 0 unspecified atom stereocenters. The zero-order chi connectivity index (χ0) is 14.6. The van der Waals surface area contributed by atoms with Crippen molar-refractivity contribution < 1.29 is 27.8 Å². The number of benzene rings is 1. The maximum atomic E-state index is 13.5. The van der Waals surface area contributed by atoms with Crippen molar-refractivity contribution in [2.45, 2.75) is 20.5 Å². The molecule has 0 fully saturated rings. The third-order valence-electron chi connectivity index (χ3n) is 2.10. The van der Waals surface area contributed by atoms with Crippen LogP contribution in [0.3, 0.4) is 0 Å². The van der Waals surface area contributed by atoms with Crippen LogP contribution in [0.4, 0.5) is 13.6 Å². The van der Waals surface area contributed by atoms with Crippen molar-refractivity contribution in [2.75, 3.05) is 0 Å². The van der Waals surface area contributed by atoms with Gasteiger partial charge in [0.05, 0.1) is 5.92 Å². The Labute approximate surface area is 114 Å². The highest BCUT2D eigenvalue weighted by Crippen LogP contribution is 2.24. The van der Waals surface area contributed by atoms with Gasteiger partial charge in [0.15, 0.2) is 11.6 Å². The van der Waals surface area contributed by atoms with Gasteiger partial charge < -0.3 is 9.47 Å². The number of rotatable bonds is 4. The summed E-state index contributed by atoms with van der Waals surface area (Å²) in [6, 6.07) is 1.84. The summed E-state index contributed by atoms with van der Waals surface area (Å²) in [6.07, 6.45) is 0. The summed E-state index contributed by atoms with van der Waals surface area (Å²) < 4.78 is 36.0. The number of esters is 1. The Kier molecular flexibility index (Phi) is 5.29. The molecule has 0 N–H and O–H groups in total. The Balaban J connectivity index is 2.83. The summed E-state index contributed by atoms with van der Waals surface area (Å²) in [7, 11) is 0. The normalized spacial score (nSPS) is 10.4. The van der Waals surface area contributed by atoms with E-state index in [0.29, 0.717) is 0 Å². The predicted molar refractivity (Wildman–Crippen MR) is 66.0 cm³/mol. The minimum absolute atomic E-state index is 0.114. The van der Waals surface area contributed by atoms with Crippen LogP contribution < -0.4 is 4.74 Å². The first-order chi connectivity index (χ1) is 8.81. The van der Waals surface area contributed by atoms with Gasteiger partial charge in [-0.25, -0.2) is 13.6 Å². The van der Waals surface area contributed by atoms with E-state index in [1.807, 2.05) is 0 Å². The molecule has 0 spiro atoms. The van der Waals surface area contributed by atoms with Gasteiger partial charge in [-0.15, -0.1) is 0 Å². The molecule has 0 saturated heterocycles. The van der Waals surface area contributed by atoms with Crippen LogP contribution in [-0.2, 0) is 16.1 Å². The lowest BCUT2D eigenvalue weighted by Crippen LogP contribution is -2.11. The van der Waals surface area contributed by atoms with Crippen LogP contribution in [0.25, 0.3) is 0 Å². The second kappa shape index (κ2) is 6.51. The molecule has 1 aromatic rings. The fourth-order valence-corrected chi connectivity index (χ4v) is 1.29. The van der Waals surface area contributed by atoms with Gasteiger partial charge in [-0.05, 0) is 17.7 Å². The van der Waals surface area contributed by atoms with Gasteiger partial charge in [-0.2, -0.15) is 0 Å². The zero-order valence-corrected chi connectivity index (χ0v) is 11.2. The average molecular weight is 290 g/mol. The van der Waals surface area contributed by atoms with E-state index in [9.17, 15) is 18.4 Å². The third-order valence-corrected chi connectivity index (χ3v) is 2.19. The number of hydrogen-bond donors (Lipinski definition) is 1. The highest BCUT2D eigenvalue weighted by atomic mass is 32.1. The summed E-state index contributed by atoms with van der Waals surface area (Å²) in [5.74, 6) is -3.79. The highest BCUT2D eigenvalue weighted by Gasteiger charge is 2.16. The maximum absolute atomic E-state index is 13.5. The van der Waals surface area contributed by atoms with E-state index >= 15 is 0 Å². The molecule has 4 nitrogen and oxygen atoms in total. The summed E-state index contributed by atoms with van der Waals surface area (Å²) in [5, 5.41) is -1.13. The second-order valence-corrected chi connectivity index (χ2v) is 4.38. The number of ether oxygens (including phenoxy) is 2. The Morgan fingerprint density at radius 2 is 1.79 bits per heavy atom. The van der Waals surface area contributed by atoms with Gasteiger partial charge in [-0.3, -0.25) is 4.79 Å². The first-order valence-corrected chi connectivity index (χ1v) is 5.81. The van der Waals surface area contributed by atoms with Crippen molar-refractivity contribution in [1.82, 2.24) is 0 Å². The summed E-state index contributed by atoms with van der Waals surface area (Å²) in [6.45, 7) is 3.01. The maximum Gasteiger partial charge on any atom is 0.369 e. The quantitative estimate of drug-likeness (QED) is 0.684. The predicted octanol–water partition coefficient (Wildman–Crippen LogP) is 3.09. The molecule has 0 aliphatic rings. The molecule has 1 aromatic carbocycles. The number of hydrogen-bond acceptors (Lipinski definition) is 4. The molecule has 0 atom stereocenters. The number of carbonyl (C=O) groups excluding carboxylic acids is 2. The first-order valence-electron chi connectivity index (χ1n) is 5.36. The lowest BCUT2D eigenvalue weighted by molar-refractivity contribution is -0.148. The smallest absolute Gasteiger partial charge is 0.369 e. The fraction of sp³-hybridized carbons (Fsp3) is 0.333. The second-order valence-electron chi connectivity index (χ2n) is 4.02. The van der Waals surface area contributed by atoms with Crippen LogP contribution in [0.5, 0.6) is 5.75 Å². The topological polar surface area (TPSA) is 52.6 Å². The Morgan fingerprint density at radius 3 is 2.21 bits per heavy atom. The molecule has 0 heterocycles. The van der Waals surface area contributed by atoms with Crippen LogP contribution in [0.15, 0.2) is 12.1 Å². The summed E-state index contributed by atoms with van der Waals surface area (Å²) in [5.41, 5.74) is 0.114. The summed E-state index contributed by atoms with van der Waals surface area (Å²) in [4.78, 5) is 21.7. The van der Waals surface area contributed by atoms with E-state index in [0.717, 1.165) is 12.1 Å². The number of carbonyl (C=O) groups is 2. The Bertz CT molecular complexity index is 479. The molecular formula is C12H12F2O4S. The standard InChI is InChI=1S/C12H12F2O4S/c1-6(2)11(15)17-5-7-3-8(13)10(9(14)4-7)18-12(16)19/h3-4,6H,5H2,1-2H3,(H,16,19). The molecule has 0 radical (unpaired) electrons. The van der Waals surface area contributed by atoms with Crippen LogP contribution in [0.1, 0.15) is 19.4 Å². The minimum Gasteiger partial charge on any atom is -0.461 e. The lowest BCUT2D eigenvalue weighted by Gasteiger charge is -2.09. The van der Waals surface area contributed by atoms with Gasteiger partial charge in [0, 0.05) is 0 Å². The minimum atomic E-state index is -1.13. The van der Waals surface area contributed by atoms with E-state index in [1.54, 1.807) is 13.8 Å². The van der Waals surface area contributed by atoms with Crippen LogP contribution in [0, 0.1) is 17.6 Å². The van der Waals surface area contributed by atoms with Gasteiger partial charge in [0.2, 0.25) is 5.75 Å². The highest BCUT2D eigenvalue weighted by molar-refractivity contribution is 7.96. The monoisotopic (exact) mass is 290 g/mol. The summed E-state index contributed by atoms with van der Waals surface area (Å²) >= 11 is 3.26. The van der Waals surface area contributed by atoms with Gasteiger partial charge >= 0.3 is 11.3 Å². The van der Waals surface area contributed by atoms with Crippen LogP contribution in [0.2, 0.25) is 0 Å². The molecule has 0 aliphatic carbocycles. The SMILES string of the molecule is CC(C)C(=O)OCc1cc(F)c(OC(=O)S)c(F)c1. The average Bonchev–Trinajstić information content (AvgIpc) is 2.30. The van der Waals surface area contributed by atoms with Crippen molar-refractivity contribution in [3.63, 3.8) is 0 Å².